The summed E-state index contributed by atoms with van der Waals surface area (Å²) in [7, 11) is -3.60. The first kappa shape index (κ1) is 20.7. The molecule has 0 unspecified atom stereocenters. The highest BCUT2D eigenvalue weighted by Gasteiger charge is 2.33. The van der Waals surface area contributed by atoms with Crippen LogP contribution in [-0.2, 0) is 10.0 Å². The van der Waals surface area contributed by atoms with Crippen molar-refractivity contribution in [2.24, 2.45) is 0 Å². The van der Waals surface area contributed by atoms with E-state index >= 15 is 0 Å². The van der Waals surface area contributed by atoms with Gasteiger partial charge < -0.3 is 4.52 Å². The van der Waals surface area contributed by atoms with Gasteiger partial charge in [-0.05, 0) is 48.6 Å². The Morgan fingerprint density at radius 1 is 1.17 bits per heavy atom. The number of hydrogen-bond donors (Lipinski definition) is 0. The van der Waals surface area contributed by atoms with E-state index in [1.807, 2.05) is 12.1 Å². The normalized spacial score (nSPS) is 18.1. The maximum Gasteiger partial charge on any atom is 0.243 e. The number of hydrogen-bond acceptors (Lipinski definition) is 5. The van der Waals surface area contributed by atoms with Crippen molar-refractivity contribution in [3.05, 3.63) is 65.8 Å². The maximum atomic E-state index is 13.5. The number of piperidine rings is 1. The smallest absolute Gasteiger partial charge is 0.243 e. The lowest BCUT2D eigenvalue weighted by atomic mass is 10.00. The van der Waals surface area contributed by atoms with Crippen LogP contribution in [0.1, 0.15) is 50.0 Å². The summed E-state index contributed by atoms with van der Waals surface area (Å²) in [6.45, 7) is 4.87. The van der Waals surface area contributed by atoms with Crippen LogP contribution in [0.25, 0.3) is 11.4 Å². The molecule has 0 bridgehead atoms. The van der Waals surface area contributed by atoms with E-state index in [0.29, 0.717) is 41.1 Å². The number of sulfonamides is 1. The van der Waals surface area contributed by atoms with Crippen molar-refractivity contribution in [3.8, 4) is 11.4 Å². The molecular weight excluding hydrogens is 405 g/mol. The van der Waals surface area contributed by atoms with Gasteiger partial charge in [0.2, 0.25) is 21.7 Å². The SMILES string of the molecule is CC(C)c1ccc(S(=O)(=O)N2CCC[C@@H](c3nc(-c4cccc(F)c4)no3)C2)cc1. The fourth-order valence-corrected chi connectivity index (χ4v) is 5.21. The van der Waals surface area contributed by atoms with Gasteiger partial charge in [0.25, 0.3) is 0 Å². The van der Waals surface area contributed by atoms with Crippen LogP contribution in [0.2, 0.25) is 0 Å². The molecule has 8 heteroatoms. The summed E-state index contributed by atoms with van der Waals surface area (Å²) in [6.07, 6.45) is 1.45. The zero-order valence-electron chi connectivity index (χ0n) is 17.0. The van der Waals surface area contributed by atoms with Crippen LogP contribution in [0.4, 0.5) is 4.39 Å². The third kappa shape index (κ3) is 4.15. The summed E-state index contributed by atoms with van der Waals surface area (Å²) in [5.41, 5.74) is 1.62. The van der Waals surface area contributed by atoms with Gasteiger partial charge in [-0.15, -0.1) is 0 Å². The molecule has 0 spiro atoms. The van der Waals surface area contributed by atoms with Crippen molar-refractivity contribution in [1.29, 1.82) is 0 Å². The molecule has 30 heavy (non-hydrogen) atoms. The van der Waals surface area contributed by atoms with Crippen molar-refractivity contribution < 1.29 is 17.3 Å². The van der Waals surface area contributed by atoms with Gasteiger partial charge in [-0.25, -0.2) is 12.8 Å². The highest BCUT2D eigenvalue weighted by molar-refractivity contribution is 7.89. The van der Waals surface area contributed by atoms with Crippen LogP contribution in [0.15, 0.2) is 57.9 Å². The van der Waals surface area contributed by atoms with Crippen LogP contribution < -0.4 is 0 Å². The molecule has 0 N–H and O–H groups in total. The molecular formula is C22H24FN3O3S. The lowest BCUT2D eigenvalue weighted by Crippen LogP contribution is -2.39. The van der Waals surface area contributed by atoms with Crippen LogP contribution in [0, 0.1) is 5.82 Å². The van der Waals surface area contributed by atoms with E-state index in [2.05, 4.69) is 24.0 Å². The summed E-state index contributed by atoms with van der Waals surface area (Å²) in [4.78, 5) is 4.69. The molecule has 1 fully saturated rings. The molecule has 158 valence electrons. The minimum Gasteiger partial charge on any atom is -0.339 e. The number of benzene rings is 2. The number of nitrogens with zero attached hydrogens (tertiary/aromatic N) is 3. The molecule has 1 saturated heterocycles. The first-order chi connectivity index (χ1) is 14.3. The lowest BCUT2D eigenvalue weighted by Gasteiger charge is -2.30. The van der Waals surface area contributed by atoms with E-state index in [1.54, 1.807) is 24.3 Å². The van der Waals surface area contributed by atoms with Crippen LogP contribution >= 0.6 is 0 Å². The topological polar surface area (TPSA) is 76.3 Å². The fraction of sp³-hybridized carbons (Fsp3) is 0.364. The van der Waals surface area contributed by atoms with Crippen molar-refractivity contribution >= 4 is 10.0 Å². The number of halogens is 1. The average Bonchev–Trinajstić information content (AvgIpc) is 3.24. The zero-order valence-corrected chi connectivity index (χ0v) is 17.8. The fourth-order valence-electron chi connectivity index (χ4n) is 3.68. The van der Waals surface area contributed by atoms with E-state index in [4.69, 9.17) is 4.52 Å². The van der Waals surface area contributed by atoms with E-state index in [-0.39, 0.29) is 18.3 Å². The molecule has 0 aliphatic carbocycles. The third-order valence-corrected chi connectivity index (χ3v) is 7.32. The van der Waals surface area contributed by atoms with Gasteiger partial charge in [0.05, 0.1) is 10.8 Å². The molecule has 1 aromatic heterocycles. The standard InChI is InChI=1S/C22H24FN3O3S/c1-15(2)16-8-10-20(11-9-16)30(27,28)26-12-4-6-18(14-26)22-24-21(25-29-22)17-5-3-7-19(23)13-17/h3,5,7-11,13,15,18H,4,6,12,14H2,1-2H3/t18-/m1/s1. The van der Waals surface area contributed by atoms with Crippen molar-refractivity contribution in [3.63, 3.8) is 0 Å². The predicted molar refractivity (Wildman–Crippen MR) is 111 cm³/mol. The summed E-state index contributed by atoms with van der Waals surface area (Å²) in [6, 6.07) is 13.0. The summed E-state index contributed by atoms with van der Waals surface area (Å²) in [5, 5.41) is 3.95. The Morgan fingerprint density at radius 2 is 1.93 bits per heavy atom. The molecule has 3 aromatic rings. The van der Waals surface area contributed by atoms with Gasteiger partial charge in [0, 0.05) is 18.7 Å². The van der Waals surface area contributed by atoms with Gasteiger partial charge in [0.1, 0.15) is 5.82 Å². The molecule has 4 rings (SSSR count). The Labute approximate surface area is 175 Å². The second-order valence-corrected chi connectivity index (χ2v) is 9.83. The van der Waals surface area contributed by atoms with E-state index in [9.17, 15) is 12.8 Å². The molecule has 1 aliphatic rings. The zero-order chi connectivity index (χ0) is 21.3. The first-order valence-electron chi connectivity index (χ1n) is 10.0. The second-order valence-electron chi connectivity index (χ2n) is 7.89. The lowest BCUT2D eigenvalue weighted by molar-refractivity contribution is 0.265. The van der Waals surface area contributed by atoms with Crippen molar-refractivity contribution in [1.82, 2.24) is 14.4 Å². The minimum atomic E-state index is -3.60. The Hall–Kier alpha value is -2.58. The molecule has 1 aliphatic heterocycles. The highest BCUT2D eigenvalue weighted by Crippen LogP contribution is 2.31. The van der Waals surface area contributed by atoms with E-state index < -0.39 is 10.0 Å². The van der Waals surface area contributed by atoms with Crippen LogP contribution in [-0.4, -0.2) is 36.0 Å². The third-order valence-electron chi connectivity index (χ3n) is 5.44. The number of aromatic nitrogens is 2. The van der Waals surface area contributed by atoms with Crippen LogP contribution in [0.5, 0.6) is 0 Å². The van der Waals surface area contributed by atoms with Crippen molar-refractivity contribution in [2.75, 3.05) is 13.1 Å². The second kappa shape index (κ2) is 8.28. The summed E-state index contributed by atoms with van der Waals surface area (Å²) in [5.74, 6) is 0.444. The Bertz CT molecular complexity index is 1130. The predicted octanol–water partition coefficient (Wildman–Crippen LogP) is 4.57. The molecule has 0 radical (unpaired) electrons. The monoisotopic (exact) mass is 429 g/mol. The number of rotatable bonds is 5. The highest BCUT2D eigenvalue weighted by atomic mass is 32.2. The molecule has 6 nitrogen and oxygen atoms in total. The minimum absolute atomic E-state index is 0.196. The van der Waals surface area contributed by atoms with Gasteiger partial charge in [0.15, 0.2) is 0 Å². The maximum absolute atomic E-state index is 13.5. The van der Waals surface area contributed by atoms with Gasteiger partial charge in [-0.2, -0.15) is 9.29 Å². The van der Waals surface area contributed by atoms with Gasteiger partial charge >= 0.3 is 0 Å². The molecule has 0 amide bonds. The largest absolute Gasteiger partial charge is 0.339 e. The molecule has 2 heterocycles. The first-order valence-corrected chi connectivity index (χ1v) is 11.5. The van der Waals surface area contributed by atoms with E-state index in [1.165, 1.54) is 16.4 Å². The molecule has 2 aromatic carbocycles. The summed E-state index contributed by atoms with van der Waals surface area (Å²) >= 11 is 0. The Morgan fingerprint density at radius 3 is 2.63 bits per heavy atom. The van der Waals surface area contributed by atoms with Crippen LogP contribution in [0.3, 0.4) is 0 Å². The summed E-state index contributed by atoms with van der Waals surface area (Å²) < 4.78 is 46.6. The van der Waals surface area contributed by atoms with E-state index in [0.717, 1.165) is 12.0 Å². The molecule has 1 atom stereocenters. The average molecular weight is 430 g/mol. The van der Waals surface area contributed by atoms with Gasteiger partial charge in [-0.1, -0.05) is 43.3 Å². The Balaban J connectivity index is 1.53. The van der Waals surface area contributed by atoms with Gasteiger partial charge in [-0.3, -0.25) is 0 Å². The van der Waals surface area contributed by atoms with Crippen molar-refractivity contribution in [2.45, 2.75) is 43.4 Å². The molecule has 0 saturated carbocycles. The Kier molecular flexibility index (Phi) is 5.71. The quantitative estimate of drug-likeness (QED) is 0.594.